The van der Waals surface area contributed by atoms with Crippen molar-refractivity contribution in [2.45, 2.75) is 24.1 Å². The number of sulfonamides is 1. The molecule has 0 saturated heterocycles. The van der Waals surface area contributed by atoms with Gasteiger partial charge in [0.05, 0.1) is 5.69 Å². The van der Waals surface area contributed by atoms with Crippen molar-refractivity contribution in [3.63, 3.8) is 0 Å². The van der Waals surface area contributed by atoms with Gasteiger partial charge in [-0.2, -0.15) is 0 Å². The molecule has 14 heavy (non-hydrogen) atoms. The summed E-state index contributed by atoms with van der Waals surface area (Å²) in [7, 11) is -3.63. The van der Waals surface area contributed by atoms with E-state index >= 15 is 0 Å². The van der Waals surface area contributed by atoms with Gasteiger partial charge in [-0.25, -0.2) is 13.1 Å². The summed E-state index contributed by atoms with van der Waals surface area (Å²) < 4.78 is 25.3. The molecule has 0 bridgehead atoms. The molecule has 0 radical (unpaired) electrons. The van der Waals surface area contributed by atoms with E-state index in [0.717, 1.165) is 11.3 Å². The number of anilines is 1. The highest BCUT2D eigenvalue weighted by atomic mass is 32.2. The number of rotatable bonds is 3. The molecule has 0 amide bonds. The van der Waals surface area contributed by atoms with E-state index in [1.807, 2.05) is 0 Å². The maximum absolute atomic E-state index is 11.6. The van der Waals surface area contributed by atoms with Crippen LogP contribution in [0, 0.1) is 0 Å². The van der Waals surface area contributed by atoms with E-state index in [1.165, 1.54) is 5.38 Å². The van der Waals surface area contributed by atoms with Gasteiger partial charge in [-0.1, -0.05) is 0 Å². The highest BCUT2D eigenvalue weighted by Crippen LogP contribution is 2.35. The molecule has 0 fully saturated rings. The summed E-state index contributed by atoms with van der Waals surface area (Å²) in [4.78, 5) is 0. The molecule has 0 spiro atoms. The summed E-state index contributed by atoms with van der Waals surface area (Å²) in [5.41, 5.74) is 5.42. The van der Waals surface area contributed by atoms with E-state index in [-0.39, 0.29) is 21.7 Å². The predicted octanol–water partition coefficient (Wildman–Crippen LogP) is 0.723. The predicted molar refractivity (Wildman–Crippen MR) is 55.9 cm³/mol. The number of aromatic hydroxyl groups is 1. The SMILES string of the molecule is CC(C)NS(=O)(=O)c1scc(N)c1O. The number of nitrogens with two attached hydrogens (primary N) is 1. The lowest BCUT2D eigenvalue weighted by atomic mass is 10.4. The molecule has 5 nitrogen and oxygen atoms in total. The van der Waals surface area contributed by atoms with Gasteiger partial charge in [0, 0.05) is 11.4 Å². The highest BCUT2D eigenvalue weighted by molar-refractivity contribution is 7.91. The first kappa shape index (κ1) is 11.3. The Morgan fingerprint density at radius 3 is 2.50 bits per heavy atom. The number of thiophene rings is 1. The molecule has 4 N–H and O–H groups in total. The standard InChI is InChI=1S/C7H12N2O3S2/c1-4(2)9-14(11,12)7-6(10)5(8)3-13-7/h3-4,9-10H,8H2,1-2H3. The number of nitrogens with one attached hydrogen (secondary N) is 1. The molecule has 0 aliphatic rings. The monoisotopic (exact) mass is 236 g/mol. The van der Waals surface area contributed by atoms with Gasteiger partial charge in [0.25, 0.3) is 10.0 Å². The van der Waals surface area contributed by atoms with Gasteiger partial charge < -0.3 is 10.8 Å². The minimum absolute atomic E-state index is 0.0825. The van der Waals surface area contributed by atoms with Crippen LogP contribution in [0.3, 0.4) is 0 Å². The van der Waals surface area contributed by atoms with Crippen LogP contribution in [0.4, 0.5) is 5.69 Å². The maximum atomic E-state index is 11.6. The first-order chi connectivity index (χ1) is 6.34. The summed E-state index contributed by atoms with van der Waals surface area (Å²) in [6.45, 7) is 3.40. The van der Waals surface area contributed by atoms with Crippen LogP contribution in [-0.4, -0.2) is 19.6 Å². The van der Waals surface area contributed by atoms with E-state index in [2.05, 4.69) is 4.72 Å². The average molecular weight is 236 g/mol. The van der Waals surface area contributed by atoms with E-state index in [1.54, 1.807) is 13.8 Å². The zero-order valence-electron chi connectivity index (χ0n) is 7.81. The van der Waals surface area contributed by atoms with Gasteiger partial charge in [0.15, 0.2) is 9.96 Å². The van der Waals surface area contributed by atoms with Gasteiger partial charge in [-0.05, 0) is 13.8 Å². The van der Waals surface area contributed by atoms with Crippen LogP contribution in [0.1, 0.15) is 13.8 Å². The fourth-order valence-corrected chi connectivity index (χ4v) is 3.37. The summed E-state index contributed by atoms with van der Waals surface area (Å²) >= 11 is 0.900. The molecule has 0 saturated carbocycles. The highest BCUT2D eigenvalue weighted by Gasteiger charge is 2.23. The lowest BCUT2D eigenvalue weighted by molar-refractivity contribution is 0.465. The van der Waals surface area contributed by atoms with E-state index in [4.69, 9.17) is 5.73 Å². The van der Waals surface area contributed by atoms with Crippen LogP contribution < -0.4 is 10.5 Å². The quantitative estimate of drug-likeness (QED) is 0.721. The smallest absolute Gasteiger partial charge is 0.254 e. The Bertz CT molecular complexity index is 422. The third-order valence-electron chi connectivity index (χ3n) is 1.39. The molecule has 0 aromatic carbocycles. The Morgan fingerprint density at radius 1 is 1.57 bits per heavy atom. The molecule has 1 aromatic heterocycles. The molecular formula is C7H12N2O3S2. The van der Waals surface area contributed by atoms with Crippen LogP contribution in [0.5, 0.6) is 5.75 Å². The van der Waals surface area contributed by atoms with Crippen molar-refractivity contribution in [3.8, 4) is 5.75 Å². The molecule has 80 valence electrons. The fraction of sp³-hybridized carbons (Fsp3) is 0.429. The normalized spacial score (nSPS) is 12.2. The van der Waals surface area contributed by atoms with E-state index in [9.17, 15) is 13.5 Å². The van der Waals surface area contributed by atoms with Crippen molar-refractivity contribution in [2.24, 2.45) is 0 Å². The number of hydrogen-bond acceptors (Lipinski definition) is 5. The third kappa shape index (κ3) is 2.17. The minimum Gasteiger partial charge on any atom is -0.504 e. The van der Waals surface area contributed by atoms with Crippen LogP contribution in [0.25, 0.3) is 0 Å². The Balaban J connectivity index is 3.11. The molecule has 7 heteroatoms. The second-order valence-corrected chi connectivity index (χ2v) is 5.89. The summed E-state index contributed by atoms with van der Waals surface area (Å²) in [5.74, 6) is -0.372. The number of hydrogen-bond donors (Lipinski definition) is 3. The zero-order chi connectivity index (χ0) is 10.9. The van der Waals surface area contributed by atoms with Crippen molar-refractivity contribution in [1.29, 1.82) is 0 Å². The molecule has 0 unspecified atom stereocenters. The largest absolute Gasteiger partial charge is 0.504 e. The van der Waals surface area contributed by atoms with Gasteiger partial charge in [0.1, 0.15) is 0 Å². The van der Waals surface area contributed by atoms with Crippen LogP contribution in [-0.2, 0) is 10.0 Å². The topological polar surface area (TPSA) is 92.4 Å². The minimum atomic E-state index is -3.63. The van der Waals surface area contributed by atoms with E-state index < -0.39 is 10.0 Å². The van der Waals surface area contributed by atoms with Crippen LogP contribution >= 0.6 is 11.3 Å². The van der Waals surface area contributed by atoms with Gasteiger partial charge in [-0.15, -0.1) is 11.3 Å². The Kier molecular flexibility index (Phi) is 3.03. The third-order valence-corrected chi connectivity index (χ3v) is 4.58. The Labute approximate surface area is 86.6 Å². The van der Waals surface area contributed by atoms with Gasteiger partial charge in [0.2, 0.25) is 0 Å². The van der Waals surface area contributed by atoms with Gasteiger partial charge in [-0.3, -0.25) is 0 Å². The van der Waals surface area contributed by atoms with Crippen LogP contribution in [0.2, 0.25) is 0 Å². The molecule has 0 aliphatic heterocycles. The summed E-state index contributed by atoms with van der Waals surface area (Å²) in [6, 6.07) is -0.220. The van der Waals surface area contributed by atoms with Crippen molar-refractivity contribution < 1.29 is 13.5 Å². The maximum Gasteiger partial charge on any atom is 0.254 e. The average Bonchev–Trinajstić information content (AvgIpc) is 2.30. The Hall–Kier alpha value is -0.790. The molecular weight excluding hydrogens is 224 g/mol. The lowest BCUT2D eigenvalue weighted by Gasteiger charge is -2.07. The zero-order valence-corrected chi connectivity index (χ0v) is 9.45. The second-order valence-electron chi connectivity index (χ2n) is 3.10. The fourth-order valence-electron chi connectivity index (χ4n) is 0.901. The lowest BCUT2D eigenvalue weighted by Crippen LogP contribution is -2.29. The second kappa shape index (κ2) is 3.76. The van der Waals surface area contributed by atoms with Crippen molar-refractivity contribution in [3.05, 3.63) is 5.38 Å². The molecule has 1 rings (SSSR count). The van der Waals surface area contributed by atoms with Gasteiger partial charge >= 0.3 is 0 Å². The van der Waals surface area contributed by atoms with Crippen molar-refractivity contribution >= 4 is 27.0 Å². The van der Waals surface area contributed by atoms with Crippen molar-refractivity contribution in [2.75, 3.05) is 5.73 Å². The van der Waals surface area contributed by atoms with Crippen LogP contribution in [0.15, 0.2) is 9.59 Å². The Morgan fingerprint density at radius 2 is 2.14 bits per heavy atom. The first-order valence-electron chi connectivity index (χ1n) is 3.93. The van der Waals surface area contributed by atoms with E-state index in [0.29, 0.717) is 0 Å². The number of nitrogen functional groups attached to an aromatic ring is 1. The molecule has 1 aromatic rings. The summed E-state index contributed by atoms with van der Waals surface area (Å²) in [6.07, 6.45) is 0. The molecule has 0 aliphatic carbocycles. The summed E-state index contributed by atoms with van der Waals surface area (Å²) in [5, 5.41) is 10.7. The molecule has 0 atom stereocenters. The first-order valence-corrected chi connectivity index (χ1v) is 6.29. The van der Waals surface area contributed by atoms with Crippen molar-refractivity contribution in [1.82, 2.24) is 4.72 Å². The molecule has 1 heterocycles.